The molecule has 3 aromatic carbocycles. The number of hydroxylamine groups is 1. The Morgan fingerprint density at radius 1 is 1.00 bits per heavy atom. The van der Waals surface area contributed by atoms with Gasteiger partial charge < -0.3 is 4.74 Å². The molecule has 0 bridgehead atoms. The van der Waals surface area contributed by atoms with E-state index in [1.807, 2.05) is 36.4 Å². The number of hydrogen-bond acceptors (Lipinski definition) is 7. The molecule has 7 nitrogen and oxygen atoms in total. The van der Waals surface area contributed by atoms with Crippen molar-refractivity contribution in [2.24, 2.45) is 0 Å². The van der Waals surface area contributed by atoms with E-state index in [1.54, 1.807) is 12.1 Å². The van der Waals surface area contributed by atoms with E-state index < -0.39 is 16.0 Å². The number of para-hydroxylation sites is 2. The fourth-order valence-electron chi connectivity index (χ4n) is 2.91. The highest BCUT2D eigenvalue weighted by Crippen LogP contribution is 2.36. The number of esters is 1. The minimum atomic E-state index is -3.89. The summed E-state index contributed by atoms with van der Waals surface area (Å²) in [5, 5.41) is 0.725. The zero-order valence-electron chi connectivity index (χ0n) is 16.7. The molecule has 0 aliphatic heterocycles. The third-order valence-corrected chi connectivity index (χ3v) is 7.32. The predicted octanol–water partition coefficient (Wildman–Crippen LogP) is 4.36. The second kappa shape index (κ2) is 8.56. The molecule has 0 amide bonds. The standard InChI is InChI=1S/C22H18N2O5S2/c1-24(28-2)31(26,27)16-9-7-8-15(14-16)22(25)29-19-12-5-3-10-17(19)21-23-18-11-4-6-13-20(18)30-21/h3-14H,1-2H3. The van der Waals surface area contributed by atoms with Crippen LogP contribution in [0, 0.1) is 0 Å². The number of ether oxygens (including phenoxy) is 1. The molecule has 0 aliphatic rings. The first-order chi connectivity index (χ1) is 14.9. The molecule has 0 spiro atoms. The smallest absolute Gasteiger partial charge is 0.343 e. The van der Waals surface area contributed by atoms with Gasteiger partial charge in [0.05, 0.1) is 33.3 Å². The molecule has 0 aliphatic carbocycles. The quantitative estimate of drug-likeness (QED) is 0.244. The molecule has 0 radical (unpaired) electrons. The number of nitrogens with zero attached hydrogens (tertiary/aromatic N) is 2. The number of fused-ring (bicyclic) bond motifs is 1. The highest BCUT2D eigenvalue weighted by atomic mass is 32.2. The van der Waals surface area contributed by atoms with Crippen LogP contribution in [0.5, 0.6) is 5.75 Å². The van der Waals surface area contributed by atoms with Crippen LogP contribution in [0.1, 0.15) is 10.4 Å². The Kier molecular flexibility index (Phi) is 5.84. The van der Waals surface area contributed by atoms with Gasteiger partial charge in [0.2, 0.25) is 0 Å². The van der Waals surface area contributed by atoms with Crippen molar-refractivity contribution in [1.82, 2.24) is 9.45 Å². The Morgan fingerprint density at radius 3 is 2.52 bits per heavy atom. The summed E-state index contributed by atoms with van der Waals surface area (Å²) in [6, 6.07) is 20.5. The number of benzene rings is 3. The molecule has 31 heavy (non-hydrogen) atoms. The van der Waals surface area contributed by atoms with Gasteiger partial charge in [-0.3, -0.25) is 4.84 Å². The van der Waals surface area contributed by atoms with Crippen molar-refractivity contribution in [1.29, 1.82) is 0 Å². The summed E-state index contributed by atoms with van der Waals surface area (Å²) < 4.78 is 32.3. The number of aromatic nitrogens is 1. The summed E-state index contributed by atoms with van der Waals surface area (Å²) in [6.45, 7) is 0. The predicted molar refractivity (Wildman–Crippen MR) is 118 cm³/mol. The van der Waals surface area contributed by atoms with E-state index in [0.29, 0.717) is 11.3 Å². The van der Waals surface area contributed by atoms with Gasteiger partial charge >= 0.3 is 5.97 Å². The zero-order chi connectivity index (χ0) is 22.0. The van der Waals surface area contributed by atoms with E-state index in [1.165, 1.54) is 49.8 Å². The Morgan fingerprint density at radius 2 is 1.74 bits per heavy atom. The first-order valence-electron chi connectivity index (χ1n) is 9.20. The van der Waals surface area contributed by atoms with Crippen LogP contribution in [0.4, 0.5) is 0 Å². The van der Waals surface area contributed by atoms with Gasteiger partial charge in [-0.15, -0.1) is 11.3 Å². The van der Waals surface area contributed by atoms with Crippen LogP contribution >= 0.6 is 11.3 Å². The summed E-state index contributed by atoms with van der Waals surface area (Å²) >= 11 is 1.50. The SMILES string of the molecule is CON(C)S(=O)(=O)c1cccc(C(=O)Oc2ccccc2-c2nc3ccccc3s2)c1. The molecule has 1 heterocycles. The molecule has 0 saturated heterocycles. The lowest BCUT2D eigenvalue weighted by molar-refractivity contribution is -0.0258. The summed E-state index contributed by atoms with van der Waals surface area (Å²) in [5.74, 6) is -0.334. The van der Waals surface area contributed by atoms with Gasteiger partial charge in [-0.25, -0.2) is 18.2 Å². The minimum Gasteiger partial charge on any atom is -0.422 e. The molecule has 1 aromatic heterocycles. The maximum atomic E-state index is 12.8. The highest BCUT2D eigenvalue weighted by Gasteiger charge is 2.23. The van der Waals surface area contributed by atoms with E-state index in [0.717, 1.165) is 19.7 Å². The highest BCUT2D eigenvalue weighted by molar-refractivity contribution is 7.89. The molecule has 4 aromatic rings. The van der Waals surface area contributed by atoms with E-state index in [4.69, 9.17) is 9.57 Å². The van der Waals surface area contributed by atoms with Crippen molar-refractivity contribution < 1.29 is 22.8 Å². The molecule has 0 unspecified atom stereocenters. The summed E-state index contributed by atoms with van der Waals surface area (Å²) in [4.78, 5) is 22.1. The van der Waals surface area contributed by atoms with Gasteiger partial charge in [-0.05, 0) is 42.5 Å². The van der Waals surface area contributed by atoms with Crippen molar-refractivity contribution in [3.8, 4) is 16.3 Å². The molecule has 4 rings (SSSR count). The lowest BCUT2D eigenvalue weighted by Crippen LogP contribution is -2.26. The Bertz CT molecular complexity index is 1330. The molecular weight excluding hydrogens is 436 g/mol. The van der Waals surface area contributed by atoms with Crippen molar-refractivity contribution in [3.63, 3.8) is 0 Å². The van der Waals surface area contributed by atoms with Gasteiger partial charge in [0, 0.05) is 7.05 Å². The lowest BCUT2D eigenvalue weighted by Gasteiger charge is -2.14. The third-order valence-electron chi connectivity index (χ3n) is 4.58. The van der Waals surface area contributed by atoms with Crippen molar-refractivity contribution in [3.05, 3.63) is 78.4 Å². The zero-order valence-corrected chi connectivity index (χ0v) is 18.3. The van der Waals surface area contributed by atoms with Crippen LogP contribution in [0.25, 0.3) is 20.8 Å². The van der Waals surface area contributed by atoms with Crippen LogP contribution < -0.4 is 4.74 Å². The maximum Gasteiger partial charge on any atom is 0.343 e. The molecular formula is C22H18N2O5S2. The number of sulfonamides is 1. The topological polar surface area (TPSA) is 85.8 Å². The normalized spacial score (nSPS) is 11.7. The molecule has 0 atom stereocenters. The van der Waals surface area contributed by atoms with Crippen LogP contribution in [-0.2, 0) is 14.9 Å². The van der Waals surface area contributed by atoms with E-state index in [9.17, 15) is 13.2 Å². The number of hydrogen-bond donors (Lipinski definition) is 0. The van der Waals surface area contributed by atoms with Crippen molar-refractivity contribution >= 4 is 37.5 Å². The fourth-order valence-corrected chi connectivity index (χ4v) is 4.92. The van der Waals surface area contributed by atoms with E-state index >= 15 is 0 Å². The molecule has 0 fully saturated rings. The first kappa shape index (κ1) is 21.1. The van der Waals surface area contributed by atoms with Crippen molar-refractivity contribution in [2.75, 3.05) is 14.2 Å². The monoisotopic (exact) mass is 454 g/mol. The largest absolute Gasteiger partial charge is 0.422 e. The van der Waals surface area contributed by atoms with Gasteiger partial charge in [-0.1, -0.05) is 34.8 Å². The number of carbonyl (C=O) groups is 1. The Balaban J connectivity index is 1.65. The lowest BCUT2D eigenvalue weighted by atomic mass is 10.2. The molecule has 0 N–H and O–H groups in total. The first-order valence-corrected chi connectivity index (χ1v) is 11.5. The minimum absolute atomic E-state index is 0.0780. The third kappa shape index (κ3) is 4.21. The fraction of sp³-hybridized carbons (Fsp3) is 0.0909. The number of carbonyl (C=O) groups excluding carboxylic acids is 1. The summed E-state index contributed by atoms with van der Waals surface area (Å²) in [6.07, 6.45) is 0. The van der Waals surface area contributed by atoms with Gasteiger partial charge in [0.15, 0.2) is 0 Å². The van der Waals surface area contributed by atoms with Crippen LogP contribution in [-0.4, -0.2) is 38.0 Å². The molecule has 9 heteroatoms. The summed E-state index contributed by atoms with van der Waals surface area (Å²) in [5.41, 5.74) is 1.65. The van der Waals surface area contributed by atoms with Crippen LogP contribution in [0.15, 0.2) is 77.7 Å². The van der Waals surface area contributed by atoms with Crippen LogP contribution in [0.3, 0.4) is 0 Å². The average molecular weight is 455 g/mol. The maximum absolute atomic E-state index is 12.8. The molecule has 0 saturated carbocycles. The Labute approximate surface area is 183 Å². The summed E-state index contributed by atoms with van der Waals surface area (Å²) in [7, 11) is -1.37. The molecule has 158 valence electrons. The van der Waals surface area contributed by atoms with Gasteiger partial charge in [-0.2, -0.15) is 0 Å². The Hall–Kier alpha value is -3.11. The van der Waals surface area contributed by atoms with E-state index in [2.05, 4.69) is 4.98 Å². The second-order valence-electron chi connectivity index (χ2n) is 6.50. The van der Waals surface area contributed by atoms with Gasteiger partial charge in [0.1, 0.15) is 10.8 Å². The van der Waals surface area contributed by atoms with Crippen molar-refractivity contribution in [2.45, 2.75) is 4.90 Å². The second-order valence-corrected chi connectivity index (χ2v) is 9.46. The van der Waals surface area contributed by atoms with E-state index in [-0.39, 0.29) is 10.5 Å². The van der Waals surface area contributed by atoms with Crippen LogP contribution in [0.2, 0.25) is 0 Å². The average Bonchev–Trinajstić information content (AvgIpc) is 3.23. The number of thiazole rings is 1. The number of rotatable bonds is 6. The van der Waals surface area contributed by atoms with Gasteiger partial charge in [0.25, 0.3) is 10.0 Å².